The molecule has 0 spiro atoms. The zero-order chi connectivity index (χ0) is 12.3. The lowest BCUT2D eigenvalue weighted by Gasteiger charge is -2.30. The zero-order valence-electron chi connectivity index (χ0n) is 10.5. The van der Waals surface area contributed by atoms with Crippen molar-refractivity contribution >= 4 is 0 Å². The Kier molecular flexibility index (Phi) is 3.79. The average Bonchev–Trinajstić information content (AvgIpc) is 2.79. The summed E-state index contributed by atoms with van der Waals surface area (Å²) in [4.78, 5) is 4.33. The SMILES string of the molecule is CCC(O)Cc1nc(C2(C)CCCCO2)no1. The van der Waals surface area contributed by atoms with E-state index in [0.717, 1.165) is 25.9 Å². The van der Waals surface area contributed by atoms with E-state index >= 15 is 0 Å². The molecule has 17 heavy (non-hydrogen) atoms. The quantitative estimate of drug-likeness (QED) is 0.869. The number of aromatic nitrogens is 2. The predicted octanol–water partition coefficient (Wildman–Crippen LogP) is 1.80. The van der Waals surface area contributed by atoms with Crippen LogP contribution in [0.4, 0.5) is 0 Å². The van der Waals surface area contributed by atoms with Gasteiger partial charge < -0.3 is 14.4 Å². The van der Waals surface area contributed by atoms with Gasteiger partial charge in [0.2, 0.25) is 11.7 Å². The van der Waals surface area contributed by atoms with E-state index in [4.69, 9.17) is 9.26 Å². The van der Waals surface area contributed by atoms with Gasteiger partial charge in [-0.15, -0.1) is 0 Å². The van der Waals surface area contributed by atoms with Crippen LogP contribution in [0.2, 0.25) is 0 Å². The highest BCUT2D eigenvalue weighted by Gasteiger charge is 2.35. The van der Waals surface area contributed by atoms with Crippen LogP contribution in [-0.2, 0) is 16.8 Å². The first kappa shape index (κ1) is 12.5. The Labute approximate surface area is 101 Å². The van der Waals surface area contributed by atoms with Crippen LogP contribution in [0.25, 0.3) is 0 Å². The van der Waals surface area contributed by atoms with Crippen molar-refractivity contribution in [1.82, 2.24) is 10.1 Å². The second-order valence-electron chi connectivity index (χ2n) is 4.81. The van der Waals surface area contributed by atoms with Gasteiger partial charge in [-0.1, -0.05) is 12.1 Å². The van der Waals surface area contributed by atoms with Crippen LogP contribution in [0.3, 0.4) is 0 Å². The Bertz CT molecular complexity index is 358. The van der Waals surface area contributed by atoms with Crippen LogP contribution in [-0.4, -0.2) is 28.0 Å². The van der Waals surface area contributed by atoms with Crippen LogP contribution in [0.1, 0.15) is 51.2 Å². The number of ether oxygens (including phenoxy) is 1. The minimum atomic E-state index is -0.419. The molecule has 2 heterocycles. The summed E-state index contributed by atoms with van der Waals surface area (Å²) in [7, 11) is 0. The van der Waals surface area contributed by atoms with E-state index in [-0.39, 0.29) is 0 Å². The predicted molar refractivity (Wildman–Crippen MR) is 61.5 cm³/mol. The van der Waals surface area contributed by atoms with E-state index in [9.17, 15) is 5.11 Å². The number of aliphatic hydroxyl groups excluding tert-OH is 1. The fourth-order valence-electron chi connectivity index (χ4n) is 2.01. The van der Waals surface area contributed by atoms with Crippen LogP contribution in [0.5, 0.6) is 0 Å². The number of hydrogen-bond acceptors (Lipinski definition) is 5. The minimum absolute atomic E-state index is 0.414. The van der Waals surface area contributed by atoms with Gasteiger partial charge >= 0.3 is 0 Å². The lowest BCUT2D eigenvalue weighted by molar-refractivity contribution is -0.0770. The maximum Gasteiger partial charge on any atom is 0.229 e. The van der Waals surface area contributed by atoms with E-state index in [1.165, 1.54) is 0 Å². The third-order valence-corrected chi connectivity index (χ3v) is 3.29. The van der Waals surface area contributed by atoms with Crippen molar-refractivity contribution in [3.63, 3.8) is 0 Å². The van der Waals surface area contributed by atoms with Crippen molar-refractivity contribution < 1.29 is 14.4 Å². The van der Waals surface area contributed by atoms with E-state index in [2.05, 4.69) is 10.1 Å². The van der Waals surface area contributed by atoms with Crippen molar-refractivity contribution in [2.75, 3.05) is 6.61 Å². The lowest BCUT2D eigenvalue weighted by atomic mass is 9.95. The normalized spacial score (nSPS) is 27.0. The van der Waals surface area contributed by atoms with Gasteiger partial charge in [0.25, 0.3) is 0 Å². The van der Waals surface area contributed by atoms with Gasteiger partial charge in [0.15, 0.2) is 0 Å². The fraction of sp³-hybridized carbons (Fsp3) is 0.833. The summed E-state index contributed by atoms with van der Waals surface area (Å²) in [6.45, 7) is 4.67. The highest BCUT2D eigenvalue weighted by atomic mass is 16.5. The molecule has 0 aliphatic carbocycles. The van der Waals surface area contributed by atoms with Gasteiger partial charge in [-0.2, -0.15) is 4.98 Å². The second kappa shape index (κ2) is 5.14. The fourth-order valence-corrected chi connectivity index (χ4v) is 2.01. The maximum absolute atomic E-state index is 9.54. The molecular weight excluding hydrogens is 220 g/mol. The molecule has 5 nitrogen and oxygen atoms in total. The molecule has 96 valence electrons. The topological polar surface area (TPSA) is 68.4 Å². The van der Waals surface area contributed by atoms with Gasteiger partial charge in [-0.25, -0.2) is 0 Å². The molecule has 0 amide bonds. The van der Waals surface area contributed by atoms with Gasteiger partial charge in [-0.05, 0) is 32.6 Å². The molecular formula is C12H20N2O3. The van der Waals surface area contributed by atoms with E-state index in [1.54, 1.807) is 0 Å². The molecule has 1 aromatic rings. The highest BCUT2D eigenvalue weighted by Crippen LogP contribution is 2.32. The minimum Gasteiger partial charge on any atom is -0.393 e. The largest absolute Gasteiger partial charge is 0.393 e. The molecule has 0 radical (unpaired) electrons. The van der Waals surface area contributed by atoms with Gasteiger partial charge in [-0.3, -0.25) is 0 Å². The Morgan fingerprint density at radius 3 is 2.94 bits per heavy atom. The molecule has 2 rings (SSSR count). The summed E-state index contributed by atoms with van der Waals surface area (Å²) in [5.41, 5.74) is -0.419. The molecule has 1 aliphatic heterocycles. The maximum atomic E-state index is 9.54. The summed E-state index contributed by atoms with van der Waals surface area (Å²) in [6.07, 6.45) is 3.82. The Balaban J connectivity index is 2.06. The summed E-state index contributed by atoms with van der Waals surface area (Å²) in [5, 5.41) is 13.5. The first-order valence-corrected chi connectivity index (χ1v) is 6.29. The van der Waals surface area contributed by atoms with Crippen molar-refractivity contribution in [3.8, 4) is 0 Å². The van der Waals surface area contributed by atoms with Crippen LogP contribution in [0, 0.1) is 0 Å². The molecule has 5 heteroatoms. The molecule has 2 atom stereocenters. The number of nitrogens with zero attached hydrogens (tertiary/aromatic N) is 2. The monoisotopic (exact) mass is 240 g/mol. The second-order valence-corrected chi connectivity index (χ2v) is 4.81. The molecule has 1 aromatic heterocycles. The Morgan fingerprint density at radius 2 is 2.29 bits per heavy atom. The van der Waals surface area contributed by atoms with Crippen molar-refractivity contribution in [2.45, 2.75) is 57.7 Å². The van der Waals surface area contributed by atoms with E-state index < -0.39 is 11.7 Å². The summed E-state index contributed by atoms with van der Waals surface area (Å²) in [6, 6.07) is 0. The molecule has 1 N–H and O–H groups in total. The van der Waals surface area contributed by atoms with Crippen molar-refractivity contribution in [1.29, 1.82) is 0 Å². The summed E-state index contributed by atoms with van der Waals surface area (Å²) in [5.74, 6) is 1.10. The van der Waals surface area contributed by atoms with Gasteiger partial charge in [0, 0.05) is 6.61 Å². The summed E-state index contributed by atoms with van der Waals surface area (Å²) >= 11 is 0. The molecule has 1 aliphatic rings. The highest BCUT2D eigenvalue weighted by molar-refractivity contribution is 5.01. The van der Waals surface area contributed by atoms with Gasteiger partial charge in [0.05, 0.1) is 12.5 Å². The van der Waals surface area contributed by atoms with Gasteiger partial charge in [0.1, 0.15) is 5.60 Å². The summed E-state index contributed by atoms with van der Waals surface area (Å²) < 4.78 is 10.9. The molecule has 2 unspecified atom stereocenters. The van der Waals surface area contributed by atoms with Crippen LogP contribution >= 0.6 is 0 Å². The first-order valence-electron chi connectivity index (χ1n) is 6.29. The zero-order valence-corrected chi connectivity index (χ0v) is 10.5. The number of hydrogen-bond donors (Lipinski definition) is 1. The Hall–Kier alpha value is -0.940. The lowest BCUT2D eigenvalue weighted by Crippen LogP contribution is -2.31. The third-order valence-electron chi connectivity index (χ3n) is 3.29. The smallest absolute Gasteiger partial charge is 0.229 e. The first-order chi connectivity index (χ1) is 8.14. The average molecular weight is 240 g/mol. The van der Waals surface area contributed by atoms with Crippen molar-refractivity contribution in [2.24, 2.45) is 0 Å². The Morgan fingerprint density at radius 1 is 1.47 bits per heavy atom. The van der Waals surface area contributed by atoms with Crippen molar-refractivity contribution in [3.05, 3.63) is 11.7 Å². The third kappa shape index (κ3) is 2.84. The van der Waals surface area contributed by atoms with Crippen LogP contribution in [0.15, 0.2) is 4.52 Å². The van der Waals surface area contributed by atoms with E-state index in [1.807, 2.05) is 13.8 Å². The molecule has 0 saturated carbocycles. The number of rotatable bonds is 4. The van der Waals surface area contributed by atoms with Crippen LogP contribution < -0.4 is 0 Å². The molecule has 1 saturated heterocycles. The number of aliphatic hydroxyl groups is 1. The molecule has 0 aromatic carbocycles. The molecule has 1 fully saturated rings. The van der Waals surface area contributed by atoms with E-state index in [0.29, 0.717) is 24.6 Å². The standard InChI is InChI=1S/C12H20N2O3/c1-3-9(15)8-10-13-11(14-17-10)12(2)6-4-5-7-16-12/h9,15H,3-8H2,1-2H3. The molecule has 0 bridgehead atoms.